The van der Waals surface area contributed by atoms with Gasteiger partial charge < -0.3 is 5.11 Å². The van der Waals surface area contributed by atoms with Crippen LogP contribution in [-0.4, -0.2) is 26.9 Å². The summed E-state index contributed by atoms with van der Waals surface area (Å²) in [5.41, 5.74) is 4.21. The minimum atomic E-state index is -0.553. The maximum Gasteiger partial charge on any atom is 0.155 e. The molecule has 1 unspecified atom stereocenters. The lowest BCUT2D eigenvalue weighted by Gasteiger charge is -2.22. The molecule has 0 saturated carbocycles. The fraction of sp³-hybridized carbons (Fsp3) is 0.316. The molecule has 5 heteroatoms. The van der Waals surface area contributed by atoms with Gasteiger partial charge in [0.1, 0.15) is 0 Å². The smallest absolute Gasteiger partial charge is 0.155 e. The molecular formula is C19H20N4O. The summed E-state index contributed by atoms with van der Waals surface area (Å²) in [5, 5.41) is 26.9. The molecule has 0 radical (unpaired) electrons. The molecule has 0 spiro atoms. The van der Waals surface area contributed by atoms with Crippen molar-refractivity contribution in [3.8, 4) is 17.2 Å². The van der Waals surface area contributed by atoms with Gasteiger partial charge in [0.2, 0.25) is 0 Å². The summed E-state index contributed by atoms with van der Waals surface area (Å²) in [6.45, 7) is 4.05. The van der Waals surface area contributed by atoms with Gasteiger partial charge in [0.15, 0.2) is 5.65 Å². The molecule has 3 aromatic rings. The summed E-state index contributed by atoms with van der Waals surface area (Å²) in [6, 6.07) is 10.5. The van der Waals surface area contributed by atoms with E-state index in [2.05, 4.69) is 33.4 Å². The van der Waals surface area contributed by atoms with Crippen LogP contribution in [0.3, 0.4) is 0 Å². The van der Waals surface area contributed by atoms with E-state index in [0.29, 0.717) is 6.42 Å². The Bertz CT molecular complexity index is 909. The van der Waals surface area contributed by atoms with Crippen LogP contribution in [0.15, 0.2) is 36.7 Å². The van der Waals surface area contributed by atoms with Gasteiger partial charge in [-0.2, -0.15) is 10.4 Å². The molecule has 2 N–H and O–H groups in total. The molecule has 122 valence electrons. The SMILES string of the molecule is CCC(C)(C#N)c1cc(CCO)cc(-c2ccnc3[nH]ncc23)c1. The van der Waals surface area contributed by atoms with Gasteiger partial charge in [-0.3, -0.25) is 5.10 Å². The van der Waals surface area contributed by atoms with Crippen LogP contribution in [0.2, 0.25) is 0 Å². The van der Waals surface area contributed by atoms with E-state index in [1.165, 1.54) is 0 Å². The number of benzene rings is 1. The van der Waals surface area contributed by atoms with E-state index in [4.69, 9.17) is 0 Å². The number of hydrogen-bond donors (Lipinski definition) is 2. The first-order valence-corrected chi connectivity index (χ1v) is 8.06. The first-order valence-electron chi connectivity index (χ1n) is 8.06. The topological polar surface area (TPSA) is 85.6 Å². The number of aromatic nitrogens is 3. The predicted molar refractivity (Wildman–Crippen MR) is 93.4 cm³/mol. The summed E-state index contributed by atoms with van der Waals surface area (Å²) < 4.78 is 0. The number of pyridine rings is 1. The van der Waals surface area contributed by atoms with Crippen molar-refractivity contribution in [3.63, 3.8) is 0 Å². The molecule has 0 fully saturated rings. The number of hydrogen-bond acceptors (Lipinski definition) is 4. The molecule has 5 nitrogen and oxygen atoms in total. The van der Waals surface area contributed by atoms with Crippen LogP contribution in [0.25, 0.3) is 22.2 Å². The molecular weight excluding hydrogens is 300 g/mol. The van der Waals surface area contributed by atoms with Crippen molar-refractivity contribution in [2.45, 2.75) is 32.1 Å². The largest absolute Gasteiger partial charge is 0.396 e. The Morgan fingerprint density at radius 1 is 1.33 bits per heavy atom. The highest BCUT2D eigenvalue weighted by atomic mass is 16.2. The first kappa shape index (κ1) is 16.2. The first-order chi connectivity index (χ1) is 11.6. The summed E-state index contributed by atoms with van der Waals surface area (Å²) in [4.78, 5) is 4.28. The number of fused-ring (bicyclic) bond motifs is 1. The second-order valence-electron chi connectivity index (χ2n) is 6.18. The number of aromatic amines is 1. The molecule has 2 aromatic heterocycles. The highest BCUT2D eigenvalue weighted by Crippen LogP contribution is 2.34. The average molecular weight is 320 g/mol. The zero-order chi connectivity index (χ0) is 17.2. The second kappa shape index (κ2) is 6.42. The monoisotopic (exact) mass is 320 g/mol. The fourth-order valence-corrected chi connectivity index (χ4v) is 2.89. The Morgan fingerprint density at radius 3 is 2.88 bits per heavy atom. The third-order valence-electron chi connectivity index (χ3n) is 4.65. The molecule has 0 saturated heterocycles. The van der Waals surface area contributed by atoms with Crippen molar-refractivity contribution in [1.82, 2.24) is 15.2 Å². The van der Waals surface area contributed by atoms with Crippen LogP contribution in [0.4, 0.5) is 0 Å². The molecule has 24 heavy (non-hydrogen) atoms. The van der Waals surface area contributed by atoms with Gasteiger partial charge in [-0.25, -0.2) is 4.98 Å². The van der Waals surface area contributed by atoms with E-state index < -0.39 is 5.41 Å². The highest BCUT2D eigenvalue weighted by molar-refractivity contribution is 5.92. The quantitative estimate of drug-likeness (QED) is 0.755. The summed E-state index contributed by atoms with van der Waals surface area (Å²) in [5.74, 6) is 0. The maximum absolute atomic E-state index is 9.64. The Kier molecular flexibility index (Phi) is 4.32. The highest BCUT2D eigenvalue weighted by Gasteiger charge is 2.25. The van der Waals surface area contributed by atoms with Gasteiger partial charge in [-0.15, -0.1) is 0 Å². The molecule has 0 bridgehead atoms. The standard InChI is InChI=1S/C19H20N4O/c1-3-19(2,12-20)15-9-13(5-7-24)8-14(10-15)16-4-6-21-18-17(16)11-22-23-18/h4,6,8-11,24H,3,5,7H2,1-2H3,(H,21,22,23). The average Bonchev–Trinajstić information content (AvgIpc) is 3.09. The molecule has 0 aliphatic rings. The number of nitrogens with one attached hydrogen (secondary N) is 1. The van der Waals surface area contributed by atoms with Crippen molar-refractivity contribution in [3.05, 3.63) is 47.8 Å². The number of nitrogens with zero attached hydrogens (tertiary/aromatic N) is 3. The van der Waals surface area contributed by atoms with Crippen LogP contribution < -0.4 is 0 Å². The molecule has 0 aliphatic heterocycles. The van der Waals surface area contributed by atoms with Gasteiger partial charge in [0.05, 0.1) is 17.7 Å². The van der Waals surface area contributed by atoms with Crippen LogP contribution in [-0.2, 0) is 11.8 Å². The normalized spacial score (nSPS) is 13.6. The molecule has 1 aromatic carbocycles. The van der Waals surface area contributed by atoms with Crippen LogP contribution in [0, 0.1) is 11.3 Å². The summed E-state index contributed by atoms with van der Waals surface area (Å²) in [7, 11) is 0. The lowest BCUT2D eigenvalue weighted by molar-refractivity contribution is 0.299. The van der Waals surface area contributed by atoms with Crippen LogP contribution in [0.1, 0.15) is 31.4 Å². The number of aliphatic hydroxyl groups is 1. The van der Waals surface area contributed by atoms with E-state index in [1.807, 2.05) is 26.0 Å². The maximum atomic E-state index is 9.64. The van der Waals surface area contributed by atoms with Crippen molar-refractivity contribution >= 4 is 11.0 Å². The zero-order valence-electron chi connectivity index (χ0n) is 13.9. The van der Waals surface area contributed by atoms with Gasteiger partial charge in [0.25, 0.3) is 0 Å². The fourth-order valence-electron chi connectivity index (χ4n) is 2.89. The number of H-pyrrole nitrogens is 1. The summed E-state index contributed by atoms with van der Waals surface area (Å²) >= 11 is 0. The molecule has 3 rings (SSSR count). The molecule has 0 aliphatic carbocycles. The minimum absolute atomic E-state index is 0.0791. The lowest BCUT2D eigenvalue weighted by atomic mass is 9.79. The lowest BCUT2D eigenvalue weighted by Crippen LogP contribution is -2.18. The zero-order valence-corrected chi connectivity index (χ0v) is 13.9. The number of aliphatic hydroxyl groups excluding tert-OH is 1. The number of rotatable bonds is 5. The Labute approximate surface area is 141 Å². The van der Waals surface area contributed by atoms with Gasteiger partial charge in [0, 0.05) is 18.2 Å². The van der Waals surface area contributed by atoms with Crippen LogP contribution in [0.5, 0.6) is 0 Å². The molecule has 1 atom stereocenters. The third-order valence-corrected chi connectivity index (χ3v) is 4.65. The van der Waals surface area contributed by atoms with Crippen molar-refractivity contribution in [2.75, 3.05) is 6.61 Å². The van der Waals surface area contributed by atoms with Gasteiger partial charge in [-0.05, 0) is 54.2 Å². The van der Waals surface area contributed by atoms with Crippen molar-refractivity contribution < 1.29 is 5.11 Å². The predicted octanol–water partition coefficient (Wildman–Crippen LogP) is 3.35. The van der Waals surface area contributed by atoms with E-state index in [1.54, 1.807) is 12.4 Å². The van der Waals surface area contributed by atoms with Crippen molar-refractivity contribution in [1.29, 1.82) is 5.26 Å². The Hall–Kier alpha value is -2.71. The minimum Gasteiger partial charge on any atom is -0.396 e. The van der Waals surface area contributed by atoms with Crippen molar-refractivity contribution in [2.24, 2.45) is 0 Å². The van der Waals surface area contributed by atoms with E-state index in [9.17, 15) is 10.4 Å². The second-order valence-corrected chi connectivity index (χ2v) is 6.18. The number of nitriles is 1. The van der Waals surface area contributed by atoms with Gasteiger partial charge in [-0.1, -0.05) is 19.1 Å². The molecule has 0 amide bonds. The van der Waals surface area contributed by atoms with Gasteiger partial charge >= 0.3 is 0 Å². The molecule has 2 heterocycles. The third kappa shape index (κ3) is 2.77. The van der Waals surface area contributed by atoms with E-state index in [-0.39, 0.29) is 6.61 Å². The summed E-state index contributed by atoms with van der Waals surface area (Å²) in [6.07, 6.45) is 4.80. The Balaban J connectivity index is 2.23. The Morgan fingerprint density at radius 2 is 2.17 bits per heavy atom. The van der Waals surface area contributed by atoms with E-state index in [0.717, 1.165) is 39.7 Å². The van der Waals surface area contributed by atoms with Crippen LogP contribution >= 0.6 is 0 Å². The van der Waals surface area contributed by atoms with E-state index >= 15 is 0 Å².